The van der Waals surface area contributed by atoms with Crippen LogP contribution < -0.4 is 26.6 Å². The second-order valence-corrected chi connectivity index (χ2v) is 20.0. The van der Waals surface area contributed by atoms with E-state index in [4.69, 9.17) is 24.1 Å². The Bertz CT molecular complexity index is 1400. The molecule has 0 aliphatic heterocycles. The molecule has 0 saturated carbocycles. The highest BCUT2D eigenvalue weighted by atomic mass is 16.5. The number of carbonyl (C=O) groups excluding carboxylic acids is 5. The Balaban J connectivity index is 3.73. The molecule has 0 aromatic rings. The summed E-state index contributed by atoms with van der Waals surface area (Å²) in [6.45, 7) is 14.0. The molecule has 0 rings (SSSR count). The highest BCUT2D eigenvalue weighted by molar-refractivity contribution is 5.88. The number of unbranched alkanes of at least 4 members (excludes halogenated alkanes) is 16. The Morgan fingerprint density at radius 3 is 1.28 bits per heavy atom. The lowest BCUT2D eigenvalue weighted by Crippen LogP contribution is -2.50. The molecule has 402 valence electrons. The minimum absolute atomic E-state index is 0.0240. The van der Waals surface area contributed by atoms with Gasteiger partial charge in [0.1, 0.15) is 19.3 Å². The van der Waals surface area contributed by atoms with Gasteiger partial charge in [-0.1, -0.05) is 111 Å². The van der Waals surface area contributed by atoms with Gasteiger partial charge in [0.15, 0.2) is 5.78 Å². The second kappa shape index (κ2) is 42.0. The molecule has 18 nitrogen and oxygen atoms in total. The van der Waals surface area contributed by atoms with Crippen molar-refractivity contribution in [3.05, 3.63) is 0 Å². The molecule has 0 spiro atoms. The van der Waals surface area contributed by atoms with Gasteiger partial charge in [-0.15, -0.1) is 0 Å². The highest BCUT2D eigenvalue weighted by Gasteiger charge is 2.31. The lowest BCUT2D eigenvalue weighted by molar-refractivity contribution is -0.142. The molecule has 0 aliphatic carbocycles. The maximum Gasteiger partial charge on any atom is 0.326 e. The van der Waals surface area contributed by atoms with E-state index in [0.717, 1.165) is 51.4 Å². The maximum atomic E-state index is 12.9. The summed E-state index contributed by atoms with van der Waals surface area (Å²) in [4.78, 5) is 83.8. The summed E-state index contributed by atoms with van der Waals surface area (Å²) in [5, 5.41) is 32.4. The molecule has 0 fully saturated rings. The monoisotopic (exact) mass is 986 g/mol. The molecular weight excluding hydrogens is 891 g/mol. The number of rotatable bonds is 47. The number of Topliss-reactive ketones (excluding diaryl/α,β-unsaturated/α-hetero) is 1. The van der Waals surface area contributed by atoms with Crippen LogP contribution in [0.15, 0.2) is 0 Å². The van der Waals surface area contributed by atoms with Crippen molar-refractivity contribution < 1.29 is 62.7 Å². The van der Waals surface area contributed by atoms with Gasteiger partial charge in [-0.25, -0.2) is 4.79 Å². The quantitative estimate of drug-likeness (QED) is 0.0326. The Labute approximate surface area is 414 Å². The number of aliphatic carboxylic acids is 2. The van der Waals surface area contributed by atoms with Crippen LogP contribution in [0.25, 0.3) is 0 Å². The normalized spacial score (nSPS) is 12.6. The van der Waals surface area contributed by atoms with Gasteiger partial charge in [-0.05, 0) is 59.3 Å². The molecule has 4 amide bonds. The third-order valence-corrected chi connectivity index (χ3v) is 11.1. The summed E-state index contributed by atoms with van der Waals surface area (Å²) in [5.41, 5.74) is -0.612. The van der Waals surface area contributed by atoms with Gasteiger partial charge in [0, 0.05) is 49.9 Å². The van der Waals surface area contributed by atoms with Gasteiger partial charge in [0.2, 0.25) is 23.6 Å². The zero-order valence-corrected chi connectivity index (χ0v) is 43.6. The first kappa shape index (κ1) is 65.3. The first-order valence-corrected chi connectivity index (χ1v) is 26.0. The molecule has 0 bridgehead atoms. The Kier molecular flexibility index (Phi) is 39.8. The summed E-state index contributed by atoms with van der Waals surface area (Å²) < 4.78 is 21.5. The maximum absolute atomic E-state index is 12.9. The van der Waals surface area contributed by atoms with Crippen molar-refractivity contribution in [3.8, 4) is 0 Å². The molecule has 18 heteroatoms. The van der Waals surface area contributed by atoms with Crippen molar-refractivity contribution in [3.63, 3.8) is 0 Å². The number of ketones is 1. The number of ether oxygens (including phenoxy) is 4. The molecule has 1 unspecified atom stereocenters. The van der Waals surface area contributed by atoms with Crippen molar-refractivity contribution in [2.45, 2.75) is 207 Å². The van der Waals surface area contributed by atoms with Gasteiger partial charge in [0.05, 0.1) is 45.7 Å². The molecule has 2 atom stereocenters. The Morgan fingerprint density at radius 2 is 0.841 bits per heavy atom. The van der Waals surface area contributed by atoms with Gasteiger partial charge in [-0.3, -0.25) is 28.8 Å². The van der Waals surface area contributed by atoms with Crippen LogP contribution in [0.5, 0.6) is 0 Å². The minimum atomic E-state index is -1.18. The van der Waals surface area contributed by atoms with Crippen molar-refractivity contribution in [2.75, 3.05) is 72.5 Å². The average molecular weight is 986 g/mol. The topological polar surface area (TPSA) is 257 Å². The molecular formula is C51H95N5O13. The number of hydrogen-bond acceptors (Lipinski definition) is 12. The highest BCUT2D eigenvalue weighted by Crippen LogP contribution is 2.21. The van der Waals surface area contributed by atoms with Gasteiger partial charge >= 0.3 is 11.9 Å². The van der Waals surface area contributed by atoms with E-state index in [2.05, 4.69) is 26.6 Å². The van der Waals surface area contributed by atoms with Crippen LogP contribution in [-0.2, 0) is 52.5 Å². The number of carboxylic acid groups (broad SMARTS) is 2. The smallest absolute Gasteiger partial charge is 0.326 e. The predicted molar refractivity (Wildman–Crippen MR) is 267 cm³/mol. The van der Waals surface area contributed by atoms with Crippen molar-refractivity contribution in [1.29, 1.82) is 0 Å². The van der Waals surface area contributed by atoms with Crippen LogP contribution in [0.2, 0.25) is 0 Å². The summed E-state index contributed by atoms with van der Waals surface area (Å²) >= 11 is 0. The Morgan fingerprint density at radius 1 is 0.420 bits per heavy atom. The lowest BCUT2D eigenvalue weighted by Gasteiger charge is -2.31. The third-order valence-electron chi connectivity index (χ3n) is 11.1. The fourth-order valence-electron chi connectivity index (χ4n) is 7.34. The zero-order chi connectivity index (χ0) is 51.6. The fraction of sp³-hybridized carbons (Fsp3) is 0.863. The van der Waals surface area contributed by atoms with Crippen LogP contribution in [0.3, 0.4) is 0 Å². The first-order valence-electron chi connectivity index (χ1n) is 26.0. The minimum Gasteiger partial charge on any atom is -0.481 e. The molecule has 0 aromatic heterocycles. The van der Waals surface area contributed by atoms with Gasteiger partial charge < -0.3 is 55.7 Å². The van der Waals surface area contributed by atoms with E-state index in [9.17, 15) is 38.7 Å². The standard InChI is InChI=1S/C51H95N5O13/c1-50(2,3)48(63)41(56-51(4,5)6)25-23-24-30-52-45(59)39-68-37-36-67-34-32-54-46(60)40-69-38-35-66-33-31-53-43(57)29-28-42(49(64)65)55-44(58)26-21-19-17-15-13-11-9-7-8-10-12-14-16-18-20-22-27-47(61)62/h41-42,56H,7-40H2,1-6H3,(H,52,59)(H,53,57)(H,54,60)(H,55,58)(H,61,62)(H,64,65)/t41?,42-/m0/s1. The summed E-state index contributed by atoms with van der Waals surface area (Å²) in [6.07, 6.45) is 20.5. The van der Waals surface area contributed by atoms with Crippen LogP contribution in [0.1, 0.15) is 189 Å². The van der Waals surface area contributed by atoms with E-state index in [1.807, 2.05) is 41.5 Å². The van der Waals surface area contributed by atoms with Crippen LogP contribution in [0, 0.1) is 5.41 Å². The zero-order valence-electron chi connectivity index (χ0n) is 43.6. The van der Waals surface area contributed by atoms with Crippen molar-refractivity contribution >= 4 is 41.4 Å². The van der Waals surface area contributed by atoms with E-state index >= 15 is 0 Å². The van der Waals surface area contributed by atoms with Crippen molar-refractivity contribution in [2.24, 2.45) is 5.41 Å². The number of carbonyl (C=O) groups is 7. The van der Waals surface area contributed by atoms with Gasteiger partial charge in [-0.2, -0.15) is 0 Å². The molecule has 7 N–H and O–H groups in total. The number of nitrogens with one attached hydrogen (secondary N) is 5. The fourth-order valence-corrected chi connectivity index (χ4v) is 7.34. The van der Waals surface area contributed by atoms with Crippen LogP contribution in [0.4, 0.5) is 0 Å². The molecule has 0 aliphatic rings. The van der Waals surface area contributed by atoms with E-state index in [-0.39, 0.29) is 133 Å². The second-order valence-electron chi connectivity index (χ2n) is 20.0. The molecule has 0 aromatic carbocycles. The van der Waals surface area contributed by atoms with Crippen molar-refractivity contribution in [1.82, 2.24) is 26.6 Å². The van der Waals surface area contributed by atoms with Gasteiger partial charge in [0.25, 0.3) is 0 Å². The van der Waals surface area contributed by atoms with Crippen LogP contribution in [-0.4, -0.2) is 142 Å². The van der Waals surface area contributed by atoms with Crippen LogP contribution >= 0.6 is 0 Å². The largest absolute Gasteiger partial charge is 0.481 e. The van der Waals surface area contributed by atoms with E-state index < -0.39 is 23.4 Å². The first-order chi connectivity index (χ1) is 32.8. The number of carboxylic acids is 2. The SMILES string of the molecule is CC(C)(C)NC(CCCCNC(=O)COCCOCCNC(=O)COCCOCCNC(=O)CC[C@H](NC(=O)CCCCCCCCCCCCCCCCCCC(=O)O)C(=O)O)C(=O)C(C)(C)C. The number of amides is 4. The lowest BCUT2D eigenvalue weighted by atomic mass is 9.84. The predicted octanol–water partition coefficient (Wildman–Crippen LogP) is 6.40. The summed E-state index contributed by atoms with van der Waals surface area (Å²) in [6, 6.07) is -1.37. The molecule has 0 heterocycles. The van der Waals surface area contributed by atoms with E-state index in [0.29, 0.717) is 19.4 Å². The molecule has 0 radical (unpaired) electrons. The molecule has 0 saturated heterocycles. The van der Waals surface area contributed by atoms with E-state index in [1.165, 1.54) is 57.8 Å². The Hall–Kier alpha value is -3.71. The average Bonchev–Trinajstić information content (AvgIpc) is 3.27. The van der Waals surface area contributed by atoms with E-state index in [1.54, 1.807) is 0 Å². The number of hydrogen-bond donors (Lipinski definition) is 7. The third kappa shape index (κ3) is 44.0. The summed E-state index contributed by atoms with van der Waals surface area (Å²) in [5.74, 6) is -2.91. The summed E-state index contributed by atoms with van der Waals surface area (Å²) in [7, 11) is 0. The molecule has 69 heavy (non-hydrogen) atoms.